The van der Waals surface area contributed by atoms with E-state index in [1.807, 2.05) is 0 Å². The second-order valence-corrected chi connectivity index (χ2v) is 6.98. The van der Waals surface area contributed by atoms with E-state index in [1.165, 1.54) is 12.1 Å². The van der Waals surface area contributed by atoms with Crippen molar-refractivity contribution in [1.29, 1.82) is 0 Å². The first kappa shape index (κ1) is 16.6. The van der Waals surface area contributed by atoms with Gasteiger partial charge in [-0.2, -0.15) is 0 Å². The van der Waals surface area contributed by atoms with E-state index < -0.39 is 21.6 Å². The molecular formula is C13H19NO5S. The summed E-state index contributed by atoms with van der Waals surface area (Å²) in [6.07, 6.45) is 0.374. The zero-order chi connectivity index (χ0) is 15.4. The third kappa shape index (κ3) is 5.68. The number of aliphatic carboxylic acids is 1. The Morgan fingerprint density at radius 1 is 1.25 bits per heavy atom. The van der Waals surface area contributed by atoms with Gasteiger partial charge in [-0.1, -0.05) is 17.0 Å². The second kappa shape index (κ2) is 6.34. The predicted octanol–water partition coefficient (Wildman–Crippen LogP) is 1.71. The third-order valence-corrected chi connectivity index (χ3v) is 3.51. The first-order valence-electron chi connectivity index (χ1n) is 6.11. The van der Waals surface area contributed by atoms with Gasteiger partial charge in [0, 0.05) is 6.42 Å². The number of carboxylic acid groups (broad SMARTS) is 1. The predicted molar refractivity (Wildman–Crippen MR) is 73.6 cm³/mol. The third-order valence-electron chi connectivity index (χ3n) is 2.32. The van der Waals surface area contributed by atoms with Gasteiger partial charge in [0.15, 0.2) is 0 Å². The molecule has 0 atom stereocenters. The molecule has 6 nitrogen and oxygen atoms in total. The minimum Gasteiger partial charge on any atom is -0.481 e. The Morgan fingerprint density at radius 3 is 2.25 bits per heavy atom. The van der Waals surface area contributed by atoms with E-state index in [0.29, 0.717) is 6.42 Å². The number of carbonyl (C=O) groups is 1. The fourth-order valence-electron chi connectivity index (χ4n) is 1.31. The van der Waals surface area contributed by atoms with E-state index in [4.69, 9.17) is 9.94 Å². The summed E-state index contributed by atoms with van der Waals surface area (Å²) in [6.45, 7) is 5.18. The normalized spacial score (nSPS) is 12.3. The van der Waals surface area contributed by atoms with Crippen LogP contribution in [0, 0.1) is 0 Å². The summed E-state index contributed by atoms with van der Waals surface area (Å²) >= 11 is 0. The number of benzene rings is 1. The summed E-state index contributed by atoms with van der Waals surface area (Å²) in [5.41, 5.74) is 0.136. The molecule has 0 fully saturated rings. The molecule has 0 amide bonds. The van der Waals surface area contributed by atoms with Crippen molar-refractivity contribution >= 4 is 16.0 Å². The summed E-state index contributed by atoms with van der Waals surface area (Å²) in [5.74, 6) is -0.887. The first-order valence-corrected chi connectivity index (χ1v) is 7.59. The summed E-state index contributed by atoms with van der Waals surface area (Å²) in [5, 5.41) is 8.58. The molecule has 0 saturated carbocycles. The topological polar surface area (TPSA) is 92.7 Å². The maximum atomic E-state index is 11.9. The lowest BCUT2D eigenvalue weighted by atomic mass is 10.1. The summed E-state index contributed by atoms with van der Waals surface area (Å²) in [6, 6.07) is 6.03. The van der Waals surface area contributed by atoms with E-state index in [1.54, 1.807) is 32.9 Å². The number of sulfonamides is 1. The largest absolute Gasteiger partial charge is 0.481 e. The number of hydrogen-bond acceptors (Lipinski definition) is 4. The van der Waals surface area contributed by atoms with Crippen molar-refractivity contribution in [3.05, 3.63) is 29.8 Å². The van der Waals surface area contributed by atoms with E-state index in [2.05, 4.69) is 4.89 Å². The van der Waals surface area contributed by atoms with Gasteiger partial charge in [0.05, 0.1) is 10.5 Å². The highest BCUT2D eigenvalue weighted by molar-refractivity contribution is 7.89. The van der Waals surface area contributed by atoms with Gasteiger partial charge in [-0.3, -0.25) is 9.63 Å². The van der Waals surface area contributed by atoms with Gasteiger partial charge in [0.2, 0.25) is 0 Å². The molecule has 0 aliphatic rings. The van der Waals surface area contributed by atoms with Crippen molar-refractivity contribution in [3.8, 4) is 0 Å². The Morgan fingerprint density at radius 2 is 1.80 bits per heavy atom. The highest BCUT2D eigenvalue weighted by atomic mass is 32.2. The summed E-state index contributed by atoms with van der Waals surface area (Å²) in [4.78, 5) is 17.6. The second-order valence-electron chi connectivity index (χ2n) is 5.34. The Hall–Kier alpha value is -1.44. The molecule has 0 saturated heterocycles. The van der Waals surface area contributed by atoms with Crippen molar-refractivity contribution in [3.63, 3.8) is 0 Å². The van der Waals surface area contributed by atoms with Crippen molar-refractivity contribution in [2.24, 2.45) is 0 Å². The van der Waals surface area contributed by atoms with Crippen LogP contribution in [-0.4, -0.2) is 25.1 Å². The van der Waals surface area contributed by atoms with Crippen molar-refractivity contribution in [2.45, 2.75) is 44.1 Å². The monoisotopic (exact) mass is 301 g/mol. The zero-order valence-corrected chi connectivity index (χ0v) is 12.5. The average molecular weight is 301 g/mol. The number of aryl methyl sites for hydroxylation is 1. The SMILES string of the molecule is CC(C)(C)ONS(=O)(=O)c1ccc(CCC(=O)O)cc1. The maximum absolute atomic E-state index is 11.9. The van der Waals surface area contributed by atoms with E-state index in [-0.39, 0.29) is 11.3 Å². The molecule has 2 N–H and O–H groups in total. The number of nitrogens with one attached hydrogen (secondary N) is 1. The minimum absolute atomic E-state index is 0.0114. The van der Waals surface area contributed by atoms with Crippen molar-refractivity contribution in [2.75, 3.05) is 0 Å². The van der Waals surface area contributed by atoms with Gasteiger partial charge in [0.25, 0.3) is 10.0 Å². The maximum Gasteiger partial charge on any atom is 0.303 e. The smallest absolute Gasteiger partial charge is 0.303 e. The molecule has 112 valence electrons. The molecule has 0 unspecified atom stereocenters. The Labute approximate surface area is 118 Å². The van der Waals surface area contributed by atoms with Crippen LogP contribution in [0.4, 0.5) is 0 Å². The standard InChI is InChI=1S/C13H19NO5S/c1-13(2,3)19-14-20(17,18)11-7-4-10(5-8-11)6-9-12(15)16/h4-5,7-8,14H,6,9H2,1-3H3,(H,15,16). The molecule has 0 radical (unpaired) electrons. The van der Waals surface area contributed by atoms with Crippen LogP contribution in [0.15, 0.2) is 29.2 Å². The van der Waals surface area contributed by atoms with Crippen molar-refractivity contribution in [1.82, 2.24) is 4.89 Å². The van der Waals surface area contributed by atoms with Gasteiger partial charge in [-0.15, -0.1) is 0 Å². The molecule has 1 aromatic rings. The van der Waals surface area contributed by atoms with Crippen LogP contribution < -0.4 is 4.89 Å². The van der Waals surface area contributed by atoms with E-state index in [9.17, 15) is 13.2 Å². The van der Waals surface area contributed by atoms with Crippen LogP contribution >= 0.6 is 0 Å². The quantitative estimate of drug-likeness (QED) is 0.780. The molecule has 7 heteroatoms. The minimum atomic E-state index is -3.73. The van der Waals surface area contributed by atoms with Gasteiger partial charge >= 0.3 is 5.97 Å². The molecule has 20 heavy (non-hydrogen) atoms. The number of rotatable bonds is 6. The van der Waals surface area contributed by atoms with Gasteiger partial charge in [-0.05, 0) is 44.9 Å². The van der Waals surface area contributed by atoms with E-state index in [0.717, 1.165) is 5.56 Å². The Bertz CT molecular complexity index is 557. The highest BCUT2D eigenvalue weighted by Gasteiger charge is 2.19. The van der Waals surface area contributed by atoms with Crippen LogP contribution in [-0.2, 0) is 26.1 Å². The van der Waals surface area contributed by atoms with Crippen LogP contribution in [0.25, 0.3) is 0 Å². The summed E-state index contributed by atoms with van der Waals surface area (Å²) < 4.78 is 23.9. The Balaban J connectivity index is 2.74. The lowest BCUT2D eigenvalue weighted by Crippen LogP contribution is -2.33. The van der Waals surface area contributed by atoms with Crippen LogP contribution in [0.1, 0.15) is 32.8 Å². The highest BCUT2D eigenvalue weighted by Crippen LogP contribution is 2.13. The lowest BCUT2D eigenvalue weighted by Gasteiger charge is -2.19. The van der Waals surface area contributed by atoms with Crippen LogP contribution in [0.3, 0.4) is 0 Å². The van der Waals surface area contributed by atoms with Gasteiger partial charge < -0.3 is 5.11 Å². The van der Waals surface area contributed by atoms with Crippen molar-refractivity contribution < 1.29 is 23.2 Å². The van der Waals surface area contributed by atoms with Gasteiger partial charge in [-0.25, -0.2) is 8.42 Å². The molecule has 1 rings (SSSR count). The molecule has 0 heterocycles. The zero-order valence-electron chi connectivity index (χ0n) is 11.7. The molecule has 0 aliphatic heterocycles. The van der Waals surface area contributed by atoms with Crippen LogP contribution in [0.2, 0.25) is 0 Å². The van der Waals surface area contributed by atoms with Gasteiger partial charge in [0.1, 0.15) is 0 Å². The molecular weight excluding hydrogens is 282 g/mol. The Kier molecular flexibility index (Phi) is 5.27. The van der Waals surface area contributed by atoms with E-state index >= 15 is 0 Å². The molecule has 0 bridgehead atoms. The average Bonchev–Trinajstić information content (AvgIpc) is 2.34. The fraction of sp³-hybridized carbons (Fsp3) is 0.462. The fourth-order valence-corrected chi connectivity index (χ4v) is 2.26. The lowest BCUT2D eigenvalue weighted by molar-refractivity contribution is -0.136. The molecule has 0 aliphatic carbocycles. The molecule has 0 aromatic heterocycles. The van der Waals surface area contributed by atoms with Crippen LogP contribution in [0.5, 0.6) is 0 Å². The number of carboxylic acids is 1. The summed E-state index contributed by atoms with van der Waals surface area (Å²) in [7, 11) is -3.73. The molecule has 0 spiro atoms. The number of hydrogen-bond donors (Lipinski definition) is 2. The molecule has 1 aromatic carbocycles. The first-order chi connectivity index (χ1) is 9.10.